The van der Waals surface area contributed by atoms with Crippen LogP contribution in [0.4, 0.5) is 0 Å². The molecule has 0 aliphatic carbocycles. The smallest absolute Gasteiger partial charge is 0.335 e. The number of nitrogens with zero attached hydrogens (tertiary/aromatic N) is 1. The minimum absolute atomic E-state index is 0.000352. The fourth-order valence-corrected chi connectivity index (χ4v) is 2.53. The highest BCUT2D eigenvalue weighted by Gasteiger charge is 2.15. The van der Waals surface area contributed by atoms with Crippen LogP contribution in [0.25, 0.3) is 0 Å². The second kappa shape index (κ2) is 5.43. The highest BCUT2D eigenvalue weighted by Crippen LogP contribution is 2.11. The van der Waals surface area contributed by atoms with Crippen molar-refractivity contribution in [2.24, 2.45) is 0 Å². The van der Waals surface area contributed by atoms with Gasteiger partial charge in [-0.15, -0.1) is 0 Å². The van der Waals surface area contributed by atoms with Gasteiger partial charge in [-0.05, 0) is 31.2 Å². The quantitative estimate of drug-likeness (QED) is 0.856. The number of hydrogen-bond donors (Lipinski definition) is 2. The maximum absolute atomic E-state index is 12.0. The molecule has 20 heavy (non-hydrogen) atoms. The monoisotopic (exact) mass is 296 g/mol. The highest BCUT2D eigenvalue weighted by atomic mass is 32.2. The van der Waals surface area contributed by atoms with Crippen LogP contribution in [0.1, 0.15) is 21.8 Å². The van der Waals surface area contributed by atoms with Crippen molar-refractivity contribution in [3.8, 4) is 0 Å². The second-order valence-electron chi connectivity index (χ2n) is 4.08. The Bertz CT molecular complexity index is 719. The van der Waals surface area contributed by atoms with E-state index >= 15 is 0 Å². The molecule has 1 aromatic heterocycles. The number of hydrogen-bond acceptors (Lipinski definition) is 5. The molecule has 0 fully saturated rings. The summed E-state index contributed by atoms with van der Waals surface area (Å²) in [7, 11) is -3.72. The molecule has 0 saturated carbocycles. The first-order valence-electron chi connectivity index (χ1n) is 5.64. The third-order valence-corrected chi connectivity index (χ3v) is 3.95. The maximum Gasteiger partial charge on any atom is 0.335 e. The van der Waals surface area contributed by atoms with Crippen LogP contribution in [0, 0.1) is 6.92 Å². The van der Waals surface area contributed by atoms with Gasteiger partial charge in [-0.25, -0.2) is 17.9 Å². The van der Waals surface area contributed by atoms with E-state index in [0.717, 1.165) is 0 Å². The fourth-order valence-electron chi connectivity index (χ4n) is 1.53. The molecule has 0 radical (unpaired) electrons. The van der Waals surface area contributed by atoms with Crippen LogP contribution in [-0.2, 0) is 16.6 Å². The summed E-state index contributed by atoms with van der Waals surface area (Å²) >= 11 is 0. The Morgan fingerprint density at radius 1 is 1.35 bits per heavy atom. The lowest BCUT2D eigenvalue weighted by molar-refractivity contribution is 0.0696. The minimum Gasteiger partial charge on any atom is -0.478 e. The molecule has 0 aliphatic rings. The lowest BCUT2D eigenvalue weighted by Gasteiger charge is -2.05. The second-order valence-corrected chi connectivity index (χ2v) is 5.85. The summed E-state index contributed by atoms with van der Waals surface area (Å²) in [5, 5.41) is 12.4. The number of sulfonamides is 1. The molecule has 0 unspecified atom stereocenters. The number of carbonyl (C=O) groups is 1. The molecule has 8 heteroatoms. The third kappa shape index (κ3) is 3.22. The molecule has 7 nitrogen and oxygen atoms in total. The summed E-state index contributed by atoms with van der Waals surface area (Å²) in [5.74, 6) is -0.523. The van der Waals surface area contributed by atoms with Crippen LogP contribution in [0.2, 0.25) is 0 Å². The van der Waals surface area contributed by atoms with Gasteiger partial charge in [0.2, 0.25) is 10.0 Å². The number of aromatic nitrogens is 1. The van der Waals surface area contributed by atoms with Crippen LogP contribution in [0.3, 0.4) is 0 Å². The predicted molar refractivity (Wildman–Crippen MR) is 68.7 cm³/mol. The molecule has 0 aliphatic heterocycles. The number of benzene rings is 1. The Labute approximate surface area is 115 Å². The van der Waals surface area contributed by atoms with Gasteiger partial charge in [0.1, 0.15) is 5.76 Å². The zero-order chi connectivity index (χ0) is 14.8. The van der Waals surface area contributed by atoms with Gasteiger partial charge in [-0.2, -0.15) is 0 Å². The van der Waals surface area contributed by atoms with Gasteiger partial charge in [-0.3, -0.25) is 0 Å². The van der Waals surface area contributed by atoms with E-state index in [9.17, 15) is 13.2 Å². The van der Waals surface area contributed by atoms with Crippen molar-refractivity contribution in [1.29, 1.82) is 0 Å². The Hall–Kier alpha value is -2.19. The van der Waals surface area contributed by atoms with Crippen LogP contribution in [0.5, 0.6) is 0 Å². The van der Waals surface area contributed by atoms with Gasteiger partial charge in [0.05, 0.1) is 22.7 Å². The van der Waals surface area contributed by atoms with E-state index in [4.69, 9.17) is 9.63 Å². The minimum atomic E-state index is -3.72. The normalized spacial score (nSPS) is 11.4. The predicted octanol–water partition coefficient (Wildman–Crippen LogP) is 1.16. The fraction of sp³-hybridized carbons (Fsp3) is 0.167. The SMILES string of the molecule is Cc1cc(CNS(=O)(=O)c2ccc(C(=O)O)cc2)no1. The first-order chi connectivity index (χ1) is 9.38. The molecule has 0 saturated heterocycles. The van der Waals surface area contributed by atoms with Gasteiger partial charge < -0.3 is 9.63 Å². The van der Waals surface area contributed by atoms with Crippen molar-refractivity contribution in [2.75, 3.05) is 0 Å². The van der Waals surface area contributed by atoms with Crippen molar-refractivity contribution in [1.82, 2.24) is 9.88 Å². The Kier molecular flexibility index (Phi) is 3.86. The van der Waals surface area contributed by atoms with Crippen molar-refractivity contribution < 1.29 is 22.8 Å². The van der Waals surface area contributed by atoms with E-state index in [1.165, 1.54) is 24.3 Å². The van der Waals surface area contributed by atoms with Crippen molar-refractivity contribution in [3.05, 3.63) is 47.3 Å². The van der Waals surface area contributed by atoms with E-state index in [2.05, 4.69) is 9.88 Å². The molecule has 106 valence electrons. The summed E-state index contributed by atoms with van der Waals surface area (Å²) in [4.78, 5) is 10.7. The number of carboxylic acids is 1. The Balaban J connectivity index is 2.11. The third-order valence-electron chi connectivity index (χ3n) is 2.53. The van der Waals surface area contributed by atoms with E-state index in [1.54, 1.807) is 13.0 Å². The Morgan fingerprint density at radius 2 is 2.00 bits per heavy atom. The van der Waals surface area contributed by atoms with Gasteiger partial charge >= 0.3 is 5.97 Å². The summed E-state index contributed by atoms with van der Waals surface area (Å²) in [6.07, 6.45) is 0. The van der Waals surface area contributed by atoms with E-state index in [-0.39, 0.29) is 17.0 Å². The summed E-state index contributed by atoms with van der Waals surface area (Å²) < 4.78 is 31.1. The average molecular weight is 296 g/mol. The van der Waals surface area contributed by atoms with Crippen LogP contribution < -0.4 is 4.72 Å². The summed E-state index contributed by atoms with van der Waals surface area (Å²) in [5.41, 5.74) is 0.490. The molecular weight excluding hydrogens is 284 g/mol. The van der Waals surface area contributed by atoms with Gasteiger partial charge in [0.15, 0.2) is 0 Å². The number of aromatic carboxylic acids is 1. The number of aryl methyl sites for hydroxylation is 1. The summed E-state index contributed by atoms with van der Waals surface area (Å²) in [6, 6.07) is 6.56. The molecule has 2 rings (SSSR count). The number of rotatable bonds is 5. The zero-order valence-corrected chi connectivity index (χ0v) is 11.3. The van der Waals surface area contributed by atoms with E-state index < -0.39 is 16.0 Å². The average Bonchev–Trinajstić information content (AvgIpc) is 2.82. The van der Waals surface area contributed by atoms with E-state index in [0.29, 0.717) is 11.5 Å². The first-order valence-corrected chi connectivity index (χ1v) is 7.12. The lowest BCUT2D eigenvalue weighted by Crippen LogP contribution is -2.23. The largest absolute Gasteiger partial charge is 0.478 e. The highest BCUT2D eigenvalue weighted by molar-refractivity contribution is 7.89. The molecule has 0 amide bonds. The molecule has 0 spiro atoms. The van der Waals surface area contributed by atoms with Crippen molar-refractivity contribution in [2.45, 2.75) is 18.4 Å². The lowest BCUT2D eigenvalue weighted by atomic mass is 10.2. The van der Waals surface area contributed by atoms with Gasteiger partial charge in [0, 0.05) is 6.07 Å². The molecule has 1 heterocycles. The standard InChI is InChI=1S/C12H12N2O5S/c1-8-6-10(14-19-8)7-13-20(17,18)11-4-2-9(3-5-11)12(15)16/h2-6,13H,7H2,1H3,(H,15,16). The molecule has 0 bridgehead atoms. The van der Waals surface area contributed by atoms with Gasteiger partial charge in [-0.1, -0.05) is 5.16 Å². The molecule has 0 atom stereocenters. The molecule has 2 N–H and O–H groups in total. The number of nitrogens with one attached hydrogen (secondary N) is 1. The summed E-state index contributed by atoms with van der Waals surface area (Å²) in [6.45, 7) is 1.70. The topological polar surface area (TPSA) is 110 Å². The van der Waals surface area contributed by atoms with Gasteiger partial charge in [0.25, 0.3) is 0 Å². The molecule has 1 aromatic carbocycles. The van der Waals surface area contributed by atoms with Crippen LogP contribution in [0.15, 0.2) is 39.8 Å². The molecular formula is C12H12N2O5S. The van der Waals surface area contributed by atoms with Crippen molar-refractivity contribution in [3.63, 3.8) is 0 Å². The first kappa shape index (κ1) is 14.2. The van der Waals surface area contributed by atoms with E-state index in [1.807, 2.05) is 0 Å². The maximum atomic E-state index is 12.0. The van der Waals surface area contributed by atoms with Crippen LogP contribution in [-0.4, -0.2) is 24.7 Å². The number of carboxylic acid groups (broad SMARTS) is 1. The Morgan fingerprint density at radius 3 is 2.50 bits per heavy atom. The molecule has 2 aromatic rings. The zero-order valence-electron chi connectivity index (χ0n) is 10.5. The van der Waals surface area contributed by atoms with Crippen LogP contribution >= 0.6 is 0 Å². The van der Waals surface area contributed by atoms with Crippen molar-refractivity contribution >= 4 is 16.0 Å².